The zero-order valence-corrected chi connectivity index (χ0v) is 18.9. The molecule has 1 aliphatic heterocycles. The molecule has 0 saturated carbocycles. The fourth-order valence-corrected chi connectivity index (χ4v) is 7.36. The van der Waals surface area contributed by atoms with Crippen molar-refractivity contribution in [2.75, 3.05) is 5.75 Å². The molecule has 3 nitrogen and oxygen atoms in total. The van der Waals surface area contributed by atoms with Crippen molar-refractivity contribution < 1.29 is 5.11 Å². The van der Waals surface area contributed by atoms with Gasteiger partial charge in [0.25, 0.3) is 0 Å². The summed E-state index contributed by atoms with van der Waals surface area (Å²) in [4.78, 5) is 7.76. The van der Waals surface area contributed by atoms with E-state index in [0.717, 1.165) is 41.3 Å². The number of aromatic hydroxyl groups is 1. The van der Waals surface area contributed by atoms with Gasteiger partial charge in [-0.2, -0.15) is 0 Å². The van der Waals surface area contributed by atoms with Gasteiger partial charge in [-0.1, -0.05) is 55.9 Å². The van der Waals surface area contributed by atoms with Crippen LogP contribution >= 0.6 is 23.1 Å². The standard InChI is InChI=1S/C25H26N2OS2/c1-24(2)14-22-20(25(15-24)9-10-29-23(26)27-25)13-21(30-22)18-7-3-5-16(11-18)17-6-4-8-19(28)12-17/h3-8,11-13,28H,9-10,14-15H2,1-2H3,(H2,26,27). The average Bonchev–Trinajstić information content (AvgIpc) is 3.12. The smallest absolute Gasteiger partial charge is 0.154 e. The van der Waals surface area contributed by atoms with Crippen LogP contribution in [0.5, 0.6) is 5.75 Å². The molecule has 5 rings (SSSR count). The Labute approximate surface area is 186 Å². The molecule has 5 heteroatoms. The van der Waals surface area contributed by atoms with Gasteiger partial charge in [0.2, 0.25) is 0 Å². The van der Waals surface area contributed by atoms with Crippen molar-refractivity contribution in [2.24, 2.45) is 16.1 Å². The van der Waals surface area contributed by atoms with E-state index in [1.54, 1.807) is 17.8 Å². The lowest BCUT2D eigenvalue weighted by Gasteiger charge is -2.44. The summed E-state index contributed by atoms with van der Waals surface area (Å²) in [6.07, 6.45) is 3.19. The molecule has 0 amide bonds. The maximum Gasteiger partial charge on any atom is 0.154 e. The first-order valence-electron chi connectivity index (χ1n) is 10.3. The maximum absolute atomic E-state index is 9.86. The van der Waals surface area contributed by atoms with Gasteiger partial charge in [-0.25, -0.2) is 0 Å². The number of hydrogen-bond donors (Lipinski definition) is 2. The number of hydrogen-bond acceptors (Lipinski definition) is 5. The van der Waals surface area contributed by atoms with E-state index < -0.39 is 0 Å². The fourth-order valence-electron chi connectivity index (χ4n) is 4.96. The minimum Gasteiger partial charge on any atom is -0.508 e. The van der Waals surface area contributed by atoms with Gasteiger partial charge < -0.3 is 10.8 Å². The van der Waals surface area contributed by atoms with Crippen molar-refractivity contribution in [3.63, 3.8) is 0 Å². The van der Waals surface area contributed by atoms with Crippen molar-refractivity contribution in [1.82, 2.24) is 0 Å². The Kier molecular flexibility index (Phi) is 4.71. The van der Waals surface area contributed by atoms with Gasteiger partial charge in [-0.3, -0.25) is 4.99 Å². The van der Waals surface area contributed by atoms with Gasteiger partial charge in [0.15, 0.2) is 5.17 Å². The van der Waals surface area contributed by atoms with Crippen LogP contribution in [0.4, 0.5) is 0 Å². The molecule has 30 heavy (non-hydrogen) atoms. The zero-order valence-electron chi connectivity index (χ0n) is 17.3. The minimum atomic E-state index is -0.177. The van der Waals surface area contributed by atoms with E-state index in [2.05, 4.69) is 44.2 Å². The SMILES string of the molecule is CC1(C)Cc2sc(-c3cccc(-c4cccc(O)c4)c3)cc2C2(CCSC(N)=N2)C1. The Morgan fingerprint density at radius 1 is 1.00 bits per heavy atom. The third kappa shape index (κ3) is 3.54. The highest BCUT2D eigenvalue weighted by atomic mass is 32.2. The third-order valence-corrected chi connectivity index (χ3v) is 8.12. The van der Waals surface area contributed by atoms with Crippen molar-refractivity contribution in [1.29, 1.82) is 0 Å². The van der Waals surface area contributed by atoms with Crippen LogP contribution < -0.4 is 5.73 Å². The molecule has 1 unspecified atom stereocenters. The highest BCUT2D eigenvalue weighted by molar-refractivity contribution is 8.13. The number of amidine groups is 1. The van der Waals surface area contributed by atoms with Crippen LogP contribution in [0.15, 0.2) is 59.6 Å². The monoisotopic (exact) mass is 434 g/mol. The van der Waals surface area contributed by atoms with E-state index in [1.165, 1.54) is 20.9 Å². The molecule has 1 aliphatic carbocycles. The molecule has 1 atom stereocenters. The molecule has 0 saturated heterocycles. The van der Waals surface area contributed by atoms with Crippen LogP contribution in [0.25, 0.3) is 21.6 Å². The van der Waals surface area contributed by atoms with Gasteiger partial charge in [-0.15, -0.1) is 11.3 Å². The lowest BCUT2D eigenvalue weighted by atomic mass is 9.67. The number of nitrogens with two attached hydrogens (primary N) is 1. The highest BCUT2D eigenvalue weighted by Gasteiger charge is 2.46. The lowest BCUT2D eigenvalue weighted by molar-refractivity contribution is 0.208. The Morgan fingerprint density at radius 3 is 2.50 bits per heavy atom. The van der Waals surface area contributed by atoms with Crippen molar-refractivity contribution in [3.05, 3.63) is 65.0 Å². The van der Waals surface area contributed by atoms with E-state index in [9.17, 15) is 5.11 Å². The van der Waals surface area contributed by atoms with Crippen LogP contribution in [0.1, 0.15) is 37.1 Å². The Hall–Kier alpha value is -2.24. The number of phenolic OH excluding ortho intramolecular Hbond substituents is 1. The number of phenols is 1. The van der Waals surface area contributed by atoms with E-state index in [4.69, 9.17) is 10.7 Å². The quantitative estimate of drug-likeness (QED) is 0.490. The van der Waals surface area contributed by atoms with Crippen LogP contribution in [-0.4, -0.2) is 16.0 Å². The Balaban J connectivity index is 1.60. The van der Waals surface area contributed by atoms with Gasteiger partial charge in [0, 0.05) is 15.5 Å². The highest BCUT2D eigenvalue weighted by Crippen LogP contribution is 2.54. The zero-order chi connectivity index (χ0) is 20.9. The lowest BCUT2D eigenvalue weighted by Crippen LogP contribution is -2.40. The molecule has 154 valence electrons. The van der Waals surface area contributed by atoms with Gasteiger partial charge in [0.1, 0.15) is 5.75 Å². The molecule has 2 heterocycles. The topological polar surface area (TPSA) is 58.6 Å². The van der Waals surface area contributed by atoms with Crippen LogP contribution in [-0.2, 0) is 12.0 Å². The predicted molar refractivity (Wildman–Crippen MR) is 129 cm³/mol. The molecule has 3 N–H and O–H groups in total. The number of fused-ring (bicyclic) bond motifs is 2. The Bertz CT molecular complexity index is 1150. The summed E-state index contributed by atoms with van der Waals surface area (Å²) in [5, 5.41) is 10.6. The van der Waals surface area contributed by atoms with Gasteiger partial charge in [0.05, 0.1) is 5.54 Å². The molecular formula is C25H26N2OS2. The molecular weight excluding hydrogens is 408 g/mol. The fraction of sp³-hybridized carbons (Fsp3) is 0.320. The van der Waals surface area contributed by atoms with Crippen molar-refractivity contribution in [2.45, 2.75) is 38.6 Å². The molecule has 1 aromatic heterocycles. The first kappa shape index (κ1) is 19.7. The van der Waals surface area contributed by atoms with Crippen molar-refractivity contribution >= 4 is 28.3 Å². The second-order valence-electron chi connectivity index (χ2n) is 9.18. The molecule has 0 radical (unpaired) electrons. The number of nitrogens with zero attached hydrogens (tertiary/aromatic N) is 1. The van der Waals surface area contributed by atoms with E-state index in [0.29, 0.717) is 5.75 Å². The number of aliphatic imine (C=N–C) groups is 1. The first-order valence-corrected chi connectivity index (χ1v) is 12.2. The molecule has 0 fully saturated rings. The van der Waals surface area contributed by atoms with Gasteiger partial charge in [-0.05, 0) is 71.2 Å². The average molecular weight is 435 g/mol. The summed E-state index contributed by atoms with van der Waals surface area (Å²) in [5.41, 5.74) is 11.0. The predicted octanol–water partition coefficient (Wildman–Crippen LogP) is 6.41. The molecule has 2 aromatic carbocycles. The summed E-state index contributed by atoms with van der Waals surface area (Å²) >= 11 is 3.58. The summed E-state index contributed by atoms with van der Waals surface area (Å²) < 4.78 is 0. The van der Waals surface area contributed by atoms with E-state index in [-0.39, 0.29) is 11.0 Å². The van der Waals surface area contributed by atoms with Crippen molar-refractivity contribution in [3.8, 4) is 27.3 Å². The summed E-state index contributed by atoms with van der Waals surface area (Å²) in [5.74, 6) is 1.32. The van der Waals surface area contributed by atoms with Crippen LogP contribution in [0.3, 0.4) is 0 Å². The molecule has 3 aromatic rings. The molecule has 2 aliphatic rings. The second-order valence-corrected chi connectivity index (χ2v) is 11.4. The normalized spacial score (nSPS) is 22.5. The summed E-state index contributed by atoms with van der Waals surface area (Å²) in [6, 6.07) is 18.4. The number of thiophene rings is 1. The third-order valence-electron chi connectivity index (χ3n) is 6.14. The van der Waals surface area contributed by atoms with Crippen LogP contribution in [0, 0.1) is 5.41 Å². The second kappa shape index (κ2) is 7.17. The summed E-state index contributed by atoms with van der Waals surface area (Å²) in [6.45, 7) is 4.71. The number of rotatable bonds is 2. The molecule has 0 bridgehead atoms. The van der Waals surface area contributed by atoms with E-state index in [1.807, 2.05) is 29.5 Å². The Morgan fingerprint density at radius 2 is 1.73 bits per heavy atom. The van der Waals surface area contributed by atoms with E-state index >= 15 is 0 Å². The van der Waals surface area contributed by atoms with Gasteiger partial charge >= 0.3 is 0 Å². The number of thioether (sulfide) groups is 1. The maximum atomic E-state index is 9.86. The van der Waals surface area contributed by atoms with Crippen LogP contribution in [0.2, 0.25) is 0 Å². The minimum absolute atomic E-state index is 0.177. The largest absolute Gasteiger partial charge is 0.508 e. The summed E-state index contributed by atoms with van der Waals surface area (Å²) in [7, 11) is 0. The number of benzene rings is 2. The first-order chi connectivity index (χ1) is 14.3. The molecule has 1 spiro atoms.